The monoisotopic (exact) mass is 182 g/mol. The smallest absolute Gasteiger partial charge is 0.165 e. The van der Waals surface area contributed by atoms with Crippen molar-refractivity contribution in [3.63, 3.8) is 0 Å². The van der Waals surface area contributed by atoms with E-state index in [9.17, 15) is 9.18 Å². The molecule has 0 radical (unpaired) electrons. The second-order valence-electron chi connectivity index (χ2n) is 2.71. The lowest BCUT2D eigenvalue weighted by Gasteiger charge is -2.03. The highest BCUT2D eigenvalue weighted by molar-refractivity contribution is 5.96. The minimum Gasteiger partial charge on any atom is -0.392 e. The maximum absolute atomic E-state index is 13.3. The Hall–Kier alpha value is -1.22. The second kappa shape index (κ2) is 4.14. The Morgan fingerprint density at radius 3 is 2.77 bits per heavy atom. The Labute approximate surface area is 76.0 Å². The van der Waals surface area contributed by atoms with Gasteiger partial charge in [-0.05, 0) is 6.07 Å². The molecule has 0 aromatic heterocycles. The molecule has 1 aromatic carbocycles. The van der Waals surface area contributed by atoms with Gasteiger partial charge in [-0.1, -0.05) is 19.1 Å². The van der Waals surface area contributed by atoms with Crippen LogP contribution in [0.2, 0.25) is 0 Å². The Kier molecular flexibility index (Phi) is 3.14. The van der Waals surface area contributed by atoms with Crippen molar-refractivity contribution in [2.24, 2.45) is 0 Å². The van der Waals surface area contributed by atoms with Gasteiger partial charge in [0.15, 0.2) is 5.78 Å². The van der Waals surface area contributed by atoms with Crippen LogP contribution in [0.5, 0.6) is 0 Å². The molecule has 0 spiro atoms. The second-order valence-corrected chi connectivity index (χ2v) is 2.71. The third-order valence-electron chi connectivity index (χ3n) is 1.87. The van der Waals surface area contributed by atoms with Crippen LogP contribution in [0.15, 0.2) is 18.2 Å². The molecule has 13 heavy (non-hydrogen) atoms. The van der Waals surface area contributed by atoms with Crippen LogP contribution in [-0.2, 0) is 6.61 Å². The quantitative estimate of drug-likeness (QED) is 0.725. The summed E-state index contributed by atoms with van der Waals surface area (Å²) in [6.45, 7) is 1.30. The first kappa shape index (κ1) is 9.86. The van der Waals surface area contributed by atoms with Crippen LogP contribution < -0.4 is 0 Å². The Balaban J connectivity index is 3.15. The number of hydrogen-bond donors (Lipinski definition) is 1. The summed E-state index contributed by atoms with van der Waals surface area (Å²) in [4.78, 5) is 11.2. The van der Waals surface area contributed by atoms with Gasteiger partial charge in [-0.2, -0.15) is 0 Å². The first-order valence-corrected chi connectivity index (χ1v) is 4.12. The van der Waals surface area contributed by atoms with E-state index in [-0.39, 0.29) is 29.9 Å². The number of ketones is 1. The molecule has 0 atom stereocenters. The number of Topliss-reactive ketones (excluding diaryl/α,β-unsaturated/α-hetero) is 1. The molecule has 70 valence electrons. The number of aliphatic hydroxyl groups is 1. The van der Waals surface area contributed by atoms with Crippen molar-refractivity contribution in [2.45, 2.75) is 20.0 Å². The summed E-state index contributed by atoms with van der Waals surface area (Å²) >= 11 is 0. The van der Waals surface area contributed by atoms with Crippen molar-refractivity contribution in [3.05, 3.63) is 35.1 Å². The van der Waals surface area contributed by atoms with Crippen LogP contribution in [0.25, 0.3) is 0 Å². The predicted molar refractivity (Wildman–Crippen MR) is 46.9 cm³/mol. The lowest BCUT2D eigenvalue weighted by atomic mass is 10.1. The summed E-state index contributed by atoms with van der Waals surface area (Å²) in [5.74, 6) is -0.843. The van der Waals surface area contributed by atoms with E-state index in [0.717, 1.165) is 0 Å². The van der Waals surface area contributed by atoms with Crippen LogP contribution in [0.3, 0.4) is 0 Å². The minimum atomic E-state index is -0.600. The highest BCUT2D eigenvalue weighted by atomic mass is 19.1. The van der Waals surface area contributed by atoms with Gasteiger partial charge in [0.25, 0.3) is 0 Å². The summed E-state index contributed by atoms with van der Waals surface area (Å²) in [6, 6.07) is 4.46. The summed E-state index contributed by atoms with van der Waals surface area (Å²) in [5, 5.41) is 8.75. The average Bonchev–Trinajstić information content (AvgIpc) is 2.17. The van der Waals surface area contributed by atoms with E-state index in [1.54, 1.807) is 13.0 Å². The van der Waals surface area contributed by atoms with E-state index in [1.807, 2.05) is 0 Å². The maximum atomic E-state index is 13.3. The Bertz CT molecular complexity index is 321. The zero-order valence-electron chi connectivity index (χ0n) is 7.38. The van der Waals surface area contributed by atoms with Crippen molar-refractivity contribution in [1.82, 2.24) is 0 Å². The largest absolute Gasteiger partial charge is 0.392 e. The van der Waals surface area contributed by atoms with E-state index >= 15 is 0 Å². The molecular weight excluding hydrogens is 171 g/mol. The Morgan fingerprint density at radius 2 is 2.23 bits per heavy atom. The number of hydrogen-bond acceptors (Lipinski definition) is 2. The van der Waals surface area contributed by atoms with Crippen molar-refractivity contribution >= 4 is 5.78 Å². The molecule has 1 aromatic rings. The fourth-order valence-corrected chi connectivity index (χ4v) is 1.11. The normalized spacial score (nSPS) is 10.1. The van der Waals surface area contributed by atoms with Crippen LogP contribution in [-0.4, -0.2) is 10.9 Å². The Morgan fingerprint density at radius 1 is 1.54 bits per heavy atom. The molecule has 3 heteroatoms. The van der Waals surface area contributed by atoms with Gasteiger partial charge in [0.05, 0.1) is 12.2 Å². The number of halogens is 1. The van der Waals surface area contributed by atoms with Gasteiger partial charge < -0.3 is 5.11 Å². The molecule has 0 bridgehead atoms. The lowest BCUT2D eigenvalue weighted by Crippen LogP contribution is -2.03. The first-order valence-electron chi connectivity index (χ1n) is 4.12. The van der Waals surface area contributed by atoms with Gasteiger partial charge >= 0.3 is 0 Å². The number of carbonyl (C=O) groups is 1. The summed E-state index contributed by atoms with van der Waals surface area (Å²) in [5.41, 5.74) is 0.230. The molecule has 0 heterocycles. The highest BCUT2D eigenvalue weighted by Gasteiger charge is 2.12. The summed E-state index contributed by atoms with van der Waals surface area (Å²) < 4.78 is 13.3. The van der Waals surface area contributed by atoms with Crippen LogP contribution in [0.1, 0.15) is 29.3 Å². The molecule has 0 aliphatic rings. The van der Waals surface area contributed by atoms with Gasteiger partial charge in [0, 0.05) is 12.0 Å². The SMILES string of the molecule is CCC(=O)c1cccc(CO)c1F. The molecule has 0 saturated heterocycles. The molecule has 0 fully saturated rings. The number of benzene rings is 1. The zero-order valence-corrected chi connectivity index (χ0v) is 7.38. The topological polar surface area (TPSA) is 37.3 Å². The van der Waals surface area contributed by atoms with Gasteiger partial charge in [0.2, 0.25) is 0 Å². The minimum absolute atomic E-state index is 0.0639. The van der Waals surface area contributed by atoms with Crippen LogP contribution >= 0.6 is 0 Å². The molecule has 0 aliphatic carbocycles. The zero-order chi connectivity index (χ0) is 9.84. The number of aliphatic hydroxyl groups excluding tert-OH is 1. The van der Waals surface area contributed by atoms with E-state index in [2.05, 4.69) is 0 Å². The fourth-order valence-electron chi connectivity index (χ4n) is 1.11. The summed E-state index contributed by atoms with van der Waals surface area (Å²) in [6.07, 6.45) is 0.270. The maximum Gasteiger partial charge on any atom is 0.165 e. The van der Waals surface area contributed by atoms with E-state index in [0.29, 0.717) is 0 Å². The molecule has 0 unspecified atom stereocenters. The number of carbonyl (C=O) groups excluding carboxylic acids is 1. The third-order valence-corrected chi connectivity index (χ3v) is 1.87. The van der Waals surface area contributed by atoms with Gasteiger partial charge in [-0.15, -0.1) is 0 Å². The third kappa shape index (κ3) is 1.92. The fraction of sp³-hybridized carbons (Fsp3) is 0.300. The predicted octanol–water partition coefficient (Wildman–Crippen LogP) is 1.91. The molecule has 0 amide bonds. The van der Waals surface area contributed by atoms with Gasteiger partial charge in [0.1, 0.15) is 5.82 Å². The molecule has 2 nitrogen and oxygen atoms in total. The molecule has 0 aliphatic heterocycles. The molecule has 1 rings (SSSR count). The highest BCUT2D eigenvalue weighted by Crippen LogP contribution is 2.14. The van der Waals surface area contributed by atoms with Crippen molar-refractivity contribution in [3.8, 4) is 0 Å². The van der Waals surface area contributed by atoms with E-state index in [4.69, 9.17) is 5.11 Å². The van der Waals surface area contributed by atoms with Crippen molar-refractivity contribution in [1.29, 1.82) is 0 Å². The van der Waals surface area contributed by atoms with Gasteiger partial charge in [-0.25, -0.2) is 4.39 Å². The molecule has 0 saturated carbocycles. The van der Waals surface area contributed by atoms with Crippen LogP contribution in [0, 0.1) is 5.82 Å². The number of rotatable bonds is 3. The van der Waals surface area contributed by atoms with Crippen molar-refractivity contribution in [2.75, 3.05) is 0 Å². The lowest BCUT2D eigenvalue weighted by molar-refractivity contribution is 0.0984. The van der Waals surface area contributed by atoms with E-state index in [1.165, 1.54) is 12.1 Å². The average molecular weight is 182 g/mol. The standard InChI is InChI=1S/C10H11FO2/c1-2-9(13)8-5-3-4-7(6-12)10(8)11/h3-5,12H,2,6H2,1H3. The first-order chi connectivity index (χ1) is 6.20. The van der Waals surface area contributed by atoms with Gasteiger partial charge in [-0.3, -0.25) is 4.79 Å². The molecular formula is C10H11FO2. The van der Waals surface area contributed by atoms with Crippen molar-refractivity contribution < 1.29 is 14.3 Å². The van der Waals surface area contributed by atoms with Crippen LogP contribution in [0.4, 0.5) is 4.39 Å². The summed E-state index contributed by atoms with van der Waals surface area (Å²) in [7, 11) is 0. The van der Waals surface area contributed by atoms with E-state index < -0.39 is 5.82 Å². The molecule has 1 N–H and O–H groups in total.